The third-order valence-corrected chi connectivity index (χ3v) is 0.982. The lowest BCUT2D eigenvalue weighted by atomic mass is 10.2. The van der Waals surface area contributed by atoms with Gasteiger partial charge in [-0.1, -0.05) is 0 Å². The van der Waals surface area contributed by atoms with Crippen molar-refractivity contribution in [3.63, 3.8) is 0 Å². The van der Waals surface area contributed by atoms with E-state index >= 15 is 0 Å². The van der Waals surface area contributed by atoms with Gasteiger partial charge in [-0.15, -0.1) is 10.1 Å². The summed E-state index contributed by atoms with van der Waals surface area (Å²) in [4.78, 5) is 13.3. The third kappa shape index (κ3) is 4.48. The Hall–Kier alpha value is -0.920. The summed E-state index contributed by atoms with van der Waals surface area (Å²) in [6, 6.07) is 0. The minimum absolute atomic E-state index is 0.644. The van der Waals surface area contributed by atoms with E-state index in [0.717, 1.165) is 0 Å². The van der Waals surface area contributed by atoms with Gasteiger partial charge in [0, 0.05) is 0 Å². The average molecular weight is 167 g/mol. The number of nitrogens with zero attached hydrogens (tertiary/aromatic N) is 1. The first-order valence-corrected chi connectivity index (χ1v) is 2.82. The van der Waals surface area contributed by atoms with Crippen molar-refractivity contribution >= 4 is 0 Å². The van der Waals surface area contributed by atoms with Gasteiger partial charge in [-0.2, -0.15) is 0 Å². The molecule has 0 heterocycles. The van der Waals surface area contributed by atoms with Crippen molar-refractivity contribution in [2.75, 3.05) is 13.2 Å². The fourth-order valence-corrected chi connectivity index (χ4v) is 0.370. The Morgan fingerprint density at radius 2 is 2.00 bits per heavy atom. The number of aliphatic hydroxyl groups is 3. The Morgan fingerprint density at radius 3 is 2.36 bits per heavy atom. The minimum Gasteiger partial charge on any atom is -0.394 e. The van der Waals surface area contributed by atoms with Crippen molar-refractivity contribution in [2.45, 2.75) is 12.2 Å². The molecule has 0 aromatic rings. The molecule has 0 fully saturated rings. The van der Waals surface area contributed by atoms with E-state index in [1.165, 1.54) is 0 Å². The lowest BCUT2D eigenvalue weighted by molar-refractivity contribution is -0.759. The van der Waals surface area contributed by atoms with Crippen LogP contribution in [0, 0.1) is 10.1 Å². The first-order valence-electron chi connectivity index (χ1n) is 2.82. The zero-order chi connectivity index (χ0) is 8.85. The van der Waals surface area contributed by atoms with Gasteiger partial charge in [-0.05, 0) is 0 Å². The van der Waals surface area contributed by atoms with Crippen molar-refractivity contribution in [3.8, 4) is 0 Å². The highest BCUT2D eigenvalue weighted by molar-refractivity contribution is 4.63. The first kappa shape index (κ1) is 10.1. The topological polar surface area (TPSA) is 113 Å². The van der Waals surface area contributed by atoms with Crippen LogP contribution in [-0.4, -0.2) is 45.8 Å². The molecular formula is C4H9NO6. The molecule has 0 aliphatic heterocycles. The summed E-state index contributed by atoms with van der Waals surface area (Å²) in [7, 11) is 0. The smallest absolute Gasteiger partial charge is 0.294 e. The predicted octanol–water partition coefficient (Wildman–Crippen LogP) is -2.09. The van der Waals surface area contributed by atoms with Crippen LogP contribution in [0.25, 0.3) is 0 Å². The summed E-state index contributed by atoms with van der Waals surface area (Å²) in [5.41, 5.74) is 0. The Morgan fingerprint density at radius 1 is 1.45 bits per heavy atom. The van der Waals surface area contributed by atoms with Gasteiger partial charge in [0.1, 0.15) is 18.8 Å². The van der Waals surface area contributed by atoms with Crippen molar-refractivity contribution in [3.05, 3.63) is 10.1 Å². The summed E-state index contributed by atoms with van der Waals surface area (Å²) in [6.07, 6.45) is -2.85. The standard InChI is InChI=1S/C4H9NO6/c6-1-3(7)4(8)2-11-5(9)10/h3-4,6-8H,1-2H2/t3-,4+/m1/s1. The van der Waals surface area contributed by atoms with Crippen LogP contribution in [0.4, 0.5) is 0 Å². The quantitative estimate of drug-likeness (QED) is 0.319. The lowest BCUT2D eigenvalue weighted by Crippen LogP contribution is -2.33. The Bertz CT molecular complexity index is 128. The highest BCUT2D eigenvalue weighted by atomic mass is 17.0. The maximum Gasteiger partial charge on any atom is 0.294 e. The van der Waals surface area contributed by atoms with Crippen LogP contribution in [0.15, 0.2) is 0 Å². The molecule has 0 spiro atoms. The van der Waals surface area contributed by atoms with Gasteiger partial charge in [0.05, 0.1) is 6.61 Å². The first-order chi connectivity index (χ1) is 5.07. The van der Waals surface area contributed by atoms with E-state index in [9.17, 15) is 10.1 Å². The van der Waals surface area contributed by atoms with Gasteiger partial charge in [0.25, 0.3) is 5.09 Å². The van der Waals surface area contributed by atoms with Crippen LogP contribution in [-0.2, 0) is 4.84 Å². The molecule has 7 heteroatoms. The van der Waals surface area contributed by atoms with E-state index in [1.54, 1.807) is 0 Å². The highest BCUT2D eigenvalue weighted by Crippen LogP contribution is 1.92. The molecule has 0 unspecified atom stereocenters. The second kappa shape index (κ2) is 4.83. The Balaban J connectivity index is 3.51. The Kier molecular flexibility index (Phi) is 4.42. The van der Waals surface area contributed by atoms with E-state index in [2.05, 4.69) is 4.84 Å². The molecule has 0 aromatic carbocycles. The fraction of sp³-hybridized carbons (Fsp3) is 1.00. The maximum absolute atomic E-state index is 9.54. The van der Waals surface area contributed by atoms with E-state index in [4.69, 9.17) is 15.3 Å². The summed E-state index contributed by atoms with van der Waals surface area (Å²) in [5.74, 6) is 0. The van der Waals surface area contributed by atoms with Gasteiger partial charge in [0.2, 0.25) is 0 Å². The minimum atomic E-state index is -1.44. The van der Waals surface area contributed by atoms with Gasteiger partial charge < -0.3 is 20.2 Å². The second-order valence-corrected chi connectivity index (χ2v) is 1.84. The second-order valence-electron chi connectivity index (χ2n) is 1.84. The van der Waals surface area contributed by atoms with E-state index in [-0.39, 0.29) is 0 Å². The van der Waals surface area contributed by atoms with Crippen LogP contribution >= 0.6 is 0 Å². The van der Waals surface area contributed by atoms with E-state index in [1.807, 2.05) is 0 Å². The van der Waals surface area contributed by atoms with Crippen LogP contribution in [0.3, 0.4) is 0 Å². The average Bonchev–Trinajstić information content (AvgIpc) is 1.98. The summed E-state index contributed by atoms with van der Waals surface area (Å²) in [6.45, 7) is -1.31. The molecule has 0 aliphatic rings. The number of aliphatic hydroxyl groups excluding tert-OH is 3. The molecule has 0 bridgehead atoms. The SMILES string of the molecule is O=[N+]([O-])OC[C@H](O)[C@H](O)CO. The molecular weight excluding hydrogens is 158 g/mol. The molecule has 11 heavy (non-hydrogen) atoms. The van der Waals surface area contributed by atoms with Crippen molar-refractivity contribution in [1.82, 2.24) is 0 Å². The molecule has 0 saturated heterocycles. The third-order valence-electron chi connectivity index (χ3n) is 0.982. The summed E-state index contributed by atoms with van der Waals surface area (Å²) < 4.78 is 0. The lowest BCUT2D eigenvalue weighted by Gasteiger charge is -2.13. The summed E-state index contributed by atoms with van der Waals surface area (Å²) >= 11 is 0. The van der Waals surface area contributed by atoms with Crippen LogP contribution in [0.2, 0.25) is 0 Å². The number of rotatable bonds is 5. The molecule has 2 atom stereocenters. The molecule has 66 valence electrons. The van der Waals surface area contributed by atoms with E-state index < -0.39 is 30.5 Å². The molecule has 7 nitrogen and oxygen atoms in total. The number of hydrogen-bond donors (Lipinski definition) is 3. The van der Waals surface area contributed by atoms with Crippen LogP contribution < -0.4 is 0 Å². The molecule has 3 N–H and O–H groups in total. The van der Waals surface area contributed by atoms with E-state index in [0.29, 0.717) is 0 Å². The highest BCUT2D eigenvalue weighted by Gasteiger charge is 2.16. The largest absolute Gasteiger partial charge is 0.394 e. The zero-order valence-electron chi connectivity index (χ0n) is 5.58. The maximum atomic E-state index is 9.54. The van der Waals surface area contributed by atoms with Crippen LogP contribution in [0.5, 0.6) is 0 Å². The molecule has 0 amide bonds. The zero-order valence-corrected chi connectivity index (χ0v) is 5.58. The van der Waals surface area contributed by atoms with Gasteiger partial charge >= 0.3 is 0 Å². The molecule has 0 radical (unpaired) electrons. The number of hydrogen-bond acceptors (Lipinski definition) is 6. The van der Waals surface area contributed by atoms with Crippen molar-refractivity contribution < 1.29 is 25.2 Å². The molecule has 0 rings (SSSR count). The van der Waals surface area contributed by atoms with Crippen molar-refractivity contribution in [1.29, 1.82) is 0 Å². The summed E-state index contributed by atoms with van der Waals surface area (Å²) in [5, 5.41) is 34.1. The Labute approximate surface area is 61.9 Å². The molecule has 0 aliphatic carbocycles. The molecule has 0 saturated carbocycles. The predicted molar refractivity (Wildman–Crippen MR) is 32.0 cm³/mol. The normalized spacial score (nSPS) is 15.5. The van der Waals surface area contributed by atoms with Gasteiger partial charge in [-0.3, -0.25) is 0 Å². The van der Waals surface area contributed by atoms with Crippen molar-refractivity contribution in [2.24, 2.45) is 0 Å². The van der Waals surface area contributed by atoms with Gasteiger partial charge in [0.15, 0.2) is 0 Å². The molecule has 0 aromatic heterocycles. The monoisotopic (exact) mass is 167 g/mol. The fourth-order valence-electron chi connectivity index (χ4n) is 0.370. The van der Waals surface area contributed by atoms with Gasteiger partial charge in [-0.25, -0.2) is 0 Å². The van der Waals surface area contributed by atoms with Crippen LogP contribution in [0.1, 0.15) is 0 Å².